The zero-order valence-electron chi connectivity index (χ0n) is 17.5. The summed E-state index contributed by atoms with van der Waals surface area (Å²) in [4.78, 5) is 27.3. The second kappa shape index (κ2) is 8.83. The number of carbonyl (C=O) groups is 2. The molecule has 0 saturated carbocycles. The molecule has 0 bridgehead atoms. The van der Waals surface area contributed by atoms with Crippen LogP contribution >= 0.6 is 0 Å². The van der Waals surface area contributed by atoms with Gasteiger partial charge in [-0.3, -0.25) is 5.32 Å². The third kappa shape index (κ3) is 3.87. The number of hydrogen-bond acceptors (Lipinski definition) is 5. The van der Waals surface area contributed by atoms with E-state index in [0.717, 1.165) is 22.3 Å². The number of hydrogen-bond donors (Lipinski definition) is 1. The fourth-order valence-corrected chi connectivity index (χ4v) is 3.96. The van der Waals surface area contributed by atoms with Gasteiger partial charge >= 0.3 is 12.1 Å². The third-order valence-electron chi connectivity index (χ3n) is 5.53. The molecule has 1 amide bonds. The number of fused-ring (bicyclic) bond motifs is 3. The van der Waals surface area contributed by atoms with Crippen molar-refractivity contribution in [2.75, 3.05) is 19.0 Å². The zero-order chi connectivity index (χ0) is 22.7. The van der Waals surface area contributed by atoms with E-state index in [1.54, 1.807) is 6.92 Å². The van der Waals surface area contributed by atoms with Gasteiger partial charge in [0.1, 0.15) is 6.61 Å². The summed E-state index contributed by atoms with van der Waals surface area (Å²) < 4.78 is 10.3. The Morgan fingerprint density at radius 3 is 2.28 bits per heavy atom. The van der Waals surface area contributed by atoms with Gasteiger partial charge in [0, 0.05) is 22.2 Å². The van der Waals surface area contributed by atoms with Crippen LogP contribution in [0.5, 0.6) is 0 Å². The van der Waals surface area contributed by atoms with E-state index >= 15 is 0 Å². The van der Waals surface area contributed by atoms with Crippen molar-refractivity contribution in [1.29, 1.82) is 0 Å². The maximum atomic E-state index is 12.6. The molecule has 1 N–H and O–H groups in total. The summed E-state index contributed by atoms with van der Waals surface area (Å²) in [5, 5.41) is 6.24. The highest BCUT2D eigenvalue weighted by Crippen LogP contribution is 2.44. The van der Waals surface area contributed by atoms with E-state index in [1.807, 2.05) is 36.4 Å². The summed E-state index contributed by atoms with van der Waals surface area (Å²) in [6, 6.07) is 19.0. The number of amides is 1. The van der Waals surface area contributed by atoms with Crippen LogP contribution in [0.15, 0.2) is 65.8 Å². The number of nitrogens with one attached hydrogen (secondary N) is 1. The highest BCUT2D eigenvalue weighted by atomic mass is 16.5. The SMILES string of the molecule is COC(=O)c1cc(N=[N+]=[N-])c(C)c(NC(=O)OCC2c3ccccc3-c3ccccc32)c1. The smallest absolute Gasteiger partial charge is 0.411 e. The molecule has 0 saturated heterocycles. The molecule has 1 aliphatic carbocycles. The van der Waals surface area contributed by atoms with E-state index in [9.17, 15) is 9.59 Å². The molecule has 3 aromatic carbocycles. The van der Waals surface area contributed by atoms with Gasteiger partial charge in [0.25, 0.3) is 0 Å². The fraction of sp³-hybridized carbons (Fsp3) is 0.167. The molecule has 0 atom stereocenters. The number of anilines is 1. The van der Waals surface area contributed by atoms with Crippen LogP contribution in [0, 0.1) is 6.92 Å². The number of ether oxygens (including phenoxy) is 2. The summed E-state index contributed by atoms with van der Waals surface area (Å²) in [6.45, 7) is 1.82. The molecule has 0 fully saturated rings. The monoisotopic (exact) mass is 428 g/mol. The predicted molar refractivity (Wildman–Crippen MR) is 120 cm³/mol. The van der Waals surface area contributed by atoms with Crippen molar-refractivity contribution in [2.45, 2.75) is 12.8 Å². The minimum absolute atomic E-state index is 0.0746. The summed E-state index contributed by atoms with van der Waals surface area (Å²) in [7, 11) is 1.24. The van der Waals surface area contributed by atoms with Crippen LogP contribution in [-0.2, 0) is 9.47 Å². The summed E-state index contributed by atoms with van der Waals surface area (Å²) in [5.41, 5.74) is 14.5. The molecule has 0 radical (unpaired) electrons. The van der Waals surface area contributed by atoms with Crippen molar-refractivity contribution < 1.29 is 19.1 Å². The average Bonchev–Trinajstić information content (AvgIpc) is 3.13. The van der Waals surface area contributed by atoms with Crippen molar-refractivity contribution >= 4 is 23.4 Å². The summed E-state index contributed by atoms with van der Waals surface area (Å²) in [6.07, 6.45) is -0.677. The van der Waals surface area contributed by atoms with Gasteiger partial charge in [0.15, 0.2) is 0 Å². The second-order valence-electron chi connectivity index (χ2n) is 7.30. The Labute approximate surface area is 184 Å². The molecule has 32 heavy (non-hydrogen) atoms. The van der Waals surface area contributed by atoms with E-state index in [0.29, 0.717) is 11.3 Å². The minimum atomic E-state index is -0.677. The predicted octanol–water partition coefficient (Wildman–Crippen LogP) is 6.08. The molecular weight excluding hydrogens is 408 g/mol. The standard InChI is InChI=1S/C24H20N4O4/c1-14-21(11-15(23(29)31-2)12-22(14)27-28-25)26-24(30)32-13-20-18-9-5-3-7-16(18)17-8-4-6-10-19(17)20/h3-12,20H,13H2,1-2H3,(H,26,30). The summed E-state index contributed by atoms with van der Waals surface area (Å²) in [5.74, 6) is -0.690. The van der Waals surface area contributed by atoms with Crippen LogP contribution in [0.3, 0.4) is 0 Å². The average molecular weight is 428 g/mol. The van der Waals surface area contributed by atoms with Crippen LogP contribution < -0.4 is 5.32 Å². The first-order valence-electron chi connectivity index (χ1n) is 9.93. The van der Waals surface area contributed by atoms with E-state index in [2.05, 4.69) is 27.5 Å². The van der Waals surface area contributed by atoms with Gasteiger partial charge in [0.05, 0.1) is 12.7 Å². The van der Waals surface area contributed by atoms with E-state index in [4.69, 9.17) is 15.0 Å². The Bertz CT molecular complexity index is 1220. The van der Waals surface area contributed by atoms with E-state index < -0.39 is 12.1 Å². The maximum absolute atomic E-state index is 12.6. The van der Waals surface area contributed by atoms with Gasteiger partial charge < -0.3 is 9.47 Å². The highest BCUT2D eigenvalue weighted by molar-refractivity contribution is 5.95. The van der Waals surface area contributed by atoms with Crippen LogP contribution in [0.25, 0.3) is 21.6 Å². The third-order valence-corrected chi connectivity index (χ3v) is 5.53. The van der Waals surface area contributed by atoms with E-state index in [-0.39, 0.29) is 23.8 Å². The van der Waals surface area contributed by atoms with Gasteiger partial charge in [-0.25, -0.2) is 9.59 Å². The number of carbonyl (C=O) groups excluding carboxylic acids is 2. The van der Waals surface area contributed by atoms with Crippen molar-refractivity contribution in [1.82, 2.24) is 0 Å². The van der Waals surface area contributed by atoms with Crippen LogP contribution in [0.4, 0.5) is 16.2 Å². The Kier molecular flexibility index (Phi) is 5.79. The highest BCUT2D eigenvalue weighted by Gasteiger charge is 2.29. The molecular formula is C24H20N4O4. The molecule has 8 nitrogen and oxygen atoms in total. The first kappa shape index (κ1) is 21.0. The molecule has 1 aliphatic rings. The number of esters is 1. The fourth-order valence-electron chi connectivity index (χ4n) is 3.96. The minimum Gasteiger partial charge on any atom is -0.465 e. The Hall–Kier alpha value is -4.29. The van der Waals surface area contributed by atoms with Crippen LogP contribution in [-0.4, -0.2) is 25.8 Å². The molecule has 0 aliphatic heterocycles. The molecule has 0 aromatic heterocycles. The molecule has 0 unspecified atom stereocenters. The molecule has 0 heterocycles. The second-order valence-corrected chi connectivity index (χ2v) is 7.30. The molecule has 8 heteroatoms. The zero-order valence-corrected chi connectivity index (χ0v) is 17.5. The quantitative estimate of drug-likeness (QED) is 0.229. The van der Waals surface area contributed by atoms with Gasteiger partial charge in [0.2, 0.25) is 0 Å². The topological polar surface area (TPSA) is 113 Å². The number of rotatable bonds is 5. The summed E-state index contributed by atoms with van der Waals surface area (Å²) >= 11 is 0. The van der Waals surface area contributed by atoms with E-state index in [1.165, 1.54) is 19.2 Å². The Morgan fingerprint density at radius 2 is 1.69 bits per heavy atom. The molecule has 4 rings (SSSR count). The van der Waals surface area contributed by atoms with Crippen molar-refractivity contribution in [3.63, 3.8) is 0 Å². The number of nitrogens with zero attached hydrogens (tertiary/aromatic N) is 3. The van der Waals surface area contributed by atoms with Gasteiger partial charge in [-0.05, 0) is 52.4 Å². The lowest BCUT2D eigenvalue weighted by Crippen LogP contribution is -2.18. The largest absolute Gasteiger partial charge is 0.465 e. The molecule has 3 aromatic rings. The number of methoxy groups -OCH3 is 1. The first-order chi connectivity index (χ1) is 15.5. The van der Waals surface area contributed by atoms with Crippen molar-refractivity contribution in [3.8, 4) is 11.1 Å². The Balaban J connectivity index is 1.55. The lowest BCUT2D eigenvalue weighted by Gasteiger charge is -2.16. The van der Waals surface area contributed by atoms with Gasteiger partial charge in [-0.15, -0.1) is 0 Å². The van der Waals surface area contributed by atoms with Gasteiger partial charge in [-0.1, -0.05) is 53.6 Å². The van der Waals surface area contributed by atoms with Crippen LogP contribution in [0.1, 0.15) is 33.0 Å². The normalized spacial score (nSPS) is 11.7. The Morgan fingerprint density at radius 1 is 1.06 bits per heavy atom. The number of benzene rings is 3. The maximum Gasteiger partial charge on any atom is 0.411 e. The lowest BCUT2D eigenvalue weighted by atomic mass is 9.98. The first-order valence-corrected chi connectivity index (χ1v) is 9.93. The number of azide groups is 1. The lowest BCUT2D eigenvalue weighted by molar-refractivity contribution is 0.0600. The van der Waals surface area contributed by atoms with Crippen LogP contribution in [0.2, 0.25) is 0 Å². The van der Waals surface area contributed by atoms with Crippen molar-refractivity contribution in [3.05, 3.63) is 93.4 Å². The van der Waals surface area contributed by atoms with Gasteiger partial charge in [-0.2, -0.15) is 0 Å². The molecule has 160 valence electrons. The molecule has 0 spiro atoms. The van der Waals surface area contributed by atoms with Crippen molar-refractivity contribution in [2.24, 2.45) is 5.11 Å².